The summed E-state index contributed by atoms with van der Waals surface area (Å²) in [5.41, 5.74) is 0.548. The van der Waals surface area contributed by atoms with Crippen LogP contribution in [0.3, 0.4) is 0 Å². The van der Waals surface area contributed by atoms with Crippen LogP contribution in [0.25, 0.3) is 0 Å². The molecular formula is C13H16BrFN2S. The monoisotopic (exact) mass is 330 g/mol. The first-order valence-electron chi connectivity index (χ1n) is 5.59. The Kier molecular flexibility index (Phi) is 5.64. The second-order valence-corrected chi connectivity index (χ2v) is 7.53. The summed E-state index contributed by atoms with van der Waals surface area (Å²) in [4.78, 5) is 0. The number of rotatable bonds is 4. The first kappa shape index (κ1) is 15.5. The predicted octanol–water partition coefficient (Wildman–Crippen LogP) is 4.06. The summed E-state index contributed by atoms with van der Waals surface area (Å²) >= 11 is 4.70. The second-order valence-electron chi connectivity index (χ2n) is 4.95. The van der Waals surface area contributed by atoms with Crippen molar-refractivity contribution in [2.75, 3.05) is 0 Å². The molecule has 0 aliphatic heterocycles. The number of hydrogen-bond donors (Lipinski definition) is 1. The van der Waals surface area contributed by atoms with Crippen LogP contribution in [0.5, 0.6) is 0 Å². The molecule has 98 valence electrons. The number of hydrogen-bond acceptors (Lipinski definition) is 3. The van der Waals surface area contributed by atoms with Crippen molar-refractivity contribution in [3.8, 4) is 6.07 Å². The molecule has 1 aromatic carbocycles. The average molecular weight is 331 g/mol. The Bertz CT molecular complexity index is 451. The molecule has 0 heterocycles. The Morgan fingerprint density at radius 3 is 2.67 bits per heavy atom. The Morgan fingerprint density at radius 1 is 1.50 bits per heavy atom. The van der Waals surface area contributed by atoms with Crippen molar-refractivity contribution in [3.63, 3.8) is 0 Å². The SMILES string of the molecule is CC(C)(C)SN[C@H](C#N)Cc1ccc(Br)cc1F. The summed E-state index contributed by atoms with van der Waals surface area (Å²) in [5, 5.41) is 9.07. The third-order valence-electron chi connectivity index (χ3n) is 2.10. The van der Waals surface area contributed by atoms with Crippen LogP contribution in [0, 0.1) is 17.1 Å². The van der Waals surface area contributed by atoms with Crippen molar-refractivity contribution in [1.29, 1.82) is 5.26 Å². The van der Waals surface area contributed by atoms with Gasteiger partial charge in [-0.3, -0.25) is 0 Å². The van der Waals surface area contributed by atoms with Gasteiger partial charge in [0.25, 0.3) is 0 Å². The minimum absolute atomic E-state index is 0.0212. The smallest absolute Gasteiger partial charge is 0.127 e. The highest BCUT2D eigenvalue weighted by Crippen LogP contribution is 2.22. The van der Waals surface area contributed by atoms with Crippen LogP contribution in [-0.2, 0) is 6.42 Å². The molecule has 0 amide bonds. The molecule has 0 radical (unpaired) electrons. The molecule has 0 fully saturated rings. The van der Waals surface area contributed by atoms with E-state index in [0.717, 1.165) is 0 Å². The summed E-state index contributed by atoms with van der Waals surface area (Å²) in [7, 11) is 0. The van der Waals surface area contributed by atoms with Gasteiger partial charge in [0.2, 0.25) is 0 Å². The van der Waals surface area contributed by atoms with Gasteiger partial charge in [-0.2, -0.15) is 5.26 Å². The Balaban J connectivity index is 2.66. The standard InChI is InChI=1S/C13H16BrFN2S/c1-13(2,3)18-17-11(8-16)6-9-4-5-10(14)7-12(9)15/h4-5,7,11,17H,6H2,1-3H3/t11-/m0/s1. The second kappa shape index (κ2) is 6.55. The fraction of sp³-hybridized carbons (Fsp3) is 0.462. The summed E-state index contributed by atoms with van der Waals surface area (Å²) in [6.07, 6.45) is 0.360. The number of benzene rings is 1. The van der Waals surface area contributed by atoms with Gasteiger partial charge in [0, 0.05) is 15.6 Å². The molecular weight excluding hydrogens is 315 g/mol. The molecule has 1 aromatic rings. The van der Waals surface area contributed by atoms with Gasteiger partial charge in [0.15, 0.2) is 0 Å². The fourth-order valence-corrected chi connectivity index (χ4v) is 2.23. The normalized spacial score (nSPS) is 13.1. The van der Waals surface area contributed by atoms with E-state index in [1.807, 2.05) is 0 Å². The highest BCUT2D eigenvalue weighted by molar-refractivity contribution is 9.10. The first-order valence-corrected chi connectivity index (χ1v) is 7.20. The van der Waals surface area contributed by atoms with E-state index in [1.54, 1.807) is 12.1 Å². The zero-order valence-electron chi connectivity index (χ0n) is 10.6. The minimum atomic E-state index is -0.398. The van der Waals surface area contributed by atoms with Crippen LogP contribution in [0.1, 0.15) is 26.3 Å². The maximum Gasteiger partial charge on any atom is 0.127 e. The Hall–Kier alpha value is -0.570. The van der Waals surface area contributed by atoms with Gasteiger partial charge in [-0.1, -0.05) is 33.9 Å². The van der Waals surface area contributed by atoms with Crippen LogP contribution in [0.4, 0.5) is 4.39 Å². The quantitative estimate of drug-likeness (QED) is 0.845. The summed E-state index contributed by atoms with van der Waals surface area (Å²) < 4.78 is 17.4. The Labute approximate surface area is 120 Å². The van der Waals surface area contributed by atoms with E-state index in [0.29, 0.717) is 16.5 Å². The largest absolute Gasteiger partial charge is 0.246 e. The highest BCUT2D eigenvalue weighted by Gasteiger charge is 2.16. The van der Waals surface area contributed by atoms with Gasteiger partial charge in [-0.15, -0.1) is 0 Å². The lowest BCUT2D eigenvalue weighted by Crippen LogP contribution is -2.28. The van der Waals surface area contributed by atoms with Crippen molar-refractivity contribution in [2.24, 2.45) is 0 Å². The number of nitriles is 1. The Morgan fingerprint density at radius 2 is 2.17 bits per heavy atom. The van der Waals surface area contributed by atoms with Crippen LogP contribution < -0.4 is 4.72 Å². The van der Waals surface area contributed by atoms with Crippen LogP contribution in [0.15, 0.2) is 22.7 Å². The molecule has 18 heavy (non-hydrogen) atoms. The molecule has 0 aromatic heterocycles. The molecule has 5 heteroatoms. The van der Waals surface area contributed by atoms with Crippen molar-refractivity contribution >= 4 is 27.9 Å². The van der Waals surface area contributed by atoms with E-state index in [4.69, 9.17) is 5.26 Å². The number of nitrogens with zero attached hydrogens (tertiary/aromatic N) is 1. The van der Waals surface area contributed by atoms with Crippen molar-refractivity contribution in [1.82, 2.24) is 4.72 Å². The zero-order chi connectivity index (χ0) is 13.8. The van der Waals surface area contributed by atoms with Gasteiger partial charge in [-0.25, -0.2) is 9.11 Å². The molecule has 2 nitrogen and oxygen atoms in total. The fourth-order valence-electron chi connectivity index (χ4n) is 1.27. The van der Waals surface area contributed by atoms with Gasteiger partial charge in [0.1, 0.15) is 11.9 Å². The predicted molar refractivity (Wildman–Crippen MR) is 77.7 cm³/mol. The molecule has 1 N–H and O–H groups in total. The van der Waals surface area contributed by atoms with Gasteiger partial charge in [-0.05, 0) is 38.5 Å². The maximum absolute atomic E-state index is 13.6. The first-order chi connectivity index (χ1) is 8.31. The van der Waals surface area contributed by atoms with E-state index in [9.17, 15) is 4.39 Å². The summed E-state index contributed by atoms with van der Waals surface area (Å²) in [6, 6.07) is 6.66. The topological polar surface area (TPSA) is 35.8 Å². The molecule has 1 atom stereocenters. The molecule has 0 unspecified atom stereocenters. The van der Waals surface area contributed by atoms with E-state index in [1.165, 1.54) is 18.0 Å². The minimum Gasteiger partial charge on any atom is -0.246 e. The average Bonchev–Trinajstić information content (AvgIpc) is 2.25. The molecule has 1 rings (SSSR count). The number of halogens is 2. The van der Waals surface area contributed by atoms with Crippen LogP contribution in [0.2, 0.25) is 0 Å². The maximum atomic E-state index is 13.6. The number of nitrogens with one attached hydrogen (secondary N) is 1. The van der Waals surface area contributed by atoms with Crippen LogP contribution in [-0.4, -0.2) is 10.8 Å². The van der Waals surface area contributed by atoms with Gasteiger partial charge >= 0.3 is 0 Å². The zero-order valence-corrected chi connectivity index (χ0v) is 13.0. The summed E-state index contributed by atoms with van der Waals surface area (Å²) in [5.74, 6) is -0.285. The van der Waals surface area contributed by atoms with Gasteiger partial charge < -0.3 is 0 Å². The molecule has 0 bridgehead atoms. The molecule has 0 spiro atoms. The molecule has 0 aliphatic rings. The van der Waals surface area contributed by atoms with Crippen LogP contribution >= 0.6 is 27.9 Å². The van der Waals surface area contributed by atoms with E-state index < -0.39 is 6.04 Å². The molecule has 0 saturated carbocycles. The summed E-state index contributed by atoms with van der Waals surface area (Å²) in [6.45, 7) is 6.16. The molecule has 0 saturated heterocycles. The van der Waals surface area contributed by atoms with Gasteiger partial charge in [0.05, 0.1) is 6.07 Å². The lowest BCUT2D eigenvalue weighted by molar-refractivity contribution is 0.598. The highest BCUT2D eigenvalue weighted by atomic mass is 79.9. The lowest BCUT2D eigenvalue weighted by Gasteiger charge is -2.20. The lowest BCUT2D eigenvalue weighted by atomic mass is 10.1. The van der Waals surface area contributed by atoms with E-state index >= 15 is 0 Å². The van der Waals surface area contributed by atoms with Crippen molar-refractivity contribution in [2.45, 2.75) is 38.0 Å². The van der Waals surface area contributed by atoms with E-state index in [2.05, 4.69) is 47.5 Å². The van der Waals surface area contributed by atoms with Crippen molar-refractivity contribution in [3.05, 3.63) is 34.1 Å². The van der Waals surface area contributed by atoms with E-state index in [-0.39, 0.29) is 10.6 Å². The molecule has 0 aliphatic carbocycles. The third-order valence-corrected chi connectivity index (χ3v) is 3.61. The van der Waals surface area contributed by atoms with Crippen molar-refractivity contribution < 1.29 is 4.39 Å². The third kappa shape index (κ3) is 5.38.